The van der Waals surface area contributed by atoms with E-state index in [-0.39, 0.29) is 12.3 Å². The standard InChI is InChI=1S/C19H21ClN2O2/c1-4-24-18-8-7-17(20)10-16(18)12-21-22-19(23)11-15-6-5-13(2)9-14(15)3/h5-10,12H,4,11H2,1-3H3,(H,22,23)/b21-12-. The number of hydrogen-bond donors (Lipinski definition) is 1. The highest BCUT2D eigenvalue weighted by molar-refractivity contribution is 6.30. The SMILES string of the molecule is CCOc1ccc(Cl)cc1/C=N\NC(=O)Cc1ccc(C)cc1C. The second-order valence-electron chi connectivity index (χ2n) is 5.52. The van der Waals surface area contributed by atoms with Crippen molar-refractivity contribution in [1.29, 1.82) is 0 Å². The van der Waals surface area contributed by atoms with Crippen molar-refractivity contribution in [1.82, 2.24) is 5.43 Å². The number of halogens is 1. The van der Waals surface area contributed by atoms with Gasteiger partial charge in [0.1, 0.15) is 5.75 Å². The first-order valence-electron chi connectivity index (χ1n) is 7.80. The fourth-order valence-electron chi connectivity index (χ4n) is 2.34. The summed E-state index contributed by atoms with van der Waals surface area (Å²) >= 11 is 5.99. The summed E-state index contributed by atoms with van der Waals surface area (Å²) in [6.07, 6.45) is 1.83. The molecule has 0 fully saturated rings. The van der Waals surface area contributed by atoms with Gasteiger partial charge >= 0.3 is 0 Å². The Kier molecular flexibility index (Phi) is 6.38. The van der Waals surface area contributed by atoms with Gasteiger partial charge < -0.3 is 4.74 Å². The maximum absolute atomic E-state index is 12.0. The Hall–Kier alpha value is -2.33. The van der Waals surface area contributed by atoms with Gasteiger partial charge in [0, 0.05) is 10.6 Å². The van der Waals surface area contributed by atoms with E-state index < -0.39 is 0 Å². The molecule has 2 rings (SSSR count). The molecule has 1 N–H and O–H groups in total. The number of benzene rings is 2. The molecule has 5 heteroatoms. The smallest absolute Gasteiger partial charge is 0.244 e. The van der Waals surface area contributed by atoms with Gasteiger partial charge in [-0.05, 0) is 50.1 Å². The Bertz CT molecular complexity index is 757. The van der Waals surface area contributed by atoms with Crippen molar-refractivity contribution in [2.45, 2.75) is 27.2 Å². The number of carbonyl (C=O) groups excluding carboxylic acids is 1. The zero-order valence-corrected chi connectivity index (χ0v) is 14.9. The van der Waals surface area contributed by atoms with E-state index in [1.165, 1.54) is 11.8 Å². The molecular formula is C19H21ClN2O2. The molecule has 0 aliphatic rings. The minimum Gasteiger partial charge on any atom is -0.493 e. The van der Waals surface area contributed by atoms with Gasteiger partial charge in [-0.3, -0.25) is 4.79 Å². The maximum Gasteiger partial charge on any atom is 0.244 e. The van der Waals surface area contributed by atoms with E-state index in [4.69, 9.17) is 16.3 Å². The van der Waals surface area contributed by atoms with Crippen LogP contribution >= 0.6 is 11.6 Å². The summed E-state index contributed by atoms with van der Waals surface area (Å²) < 4.78 is 5.51. The summed E-state index contributed by atoms with van der Waals surface area (Å²) in [5, 5.41) is 4.59. The van der Waals surface area contributed by atoms with Crippen LogP contribution in [0, 0.1) is 13.8 Å². The van der Waals surface area contributed by atoms with Crippen LogP contribution in [-0.4, -0.2) is 18.7 Å². The van der Waals surface area contributed by atoms with E-state index in [1.54, 1.807) is 18.2 Å². The molecule has 2 aromatic carbocycles. The first-order valence-corrected chi connectivity index (χ1v) is 8.17. The minimum atomic E-state index is -0.168. The maximum atomic E-state index is 12.0. The molecule has 126 valence electrons. The van der Waals surface area contributed by atoms with Gasteiger partial charge in [-0.1, -0.05) is 35.4 Å². The normalized spacial score (nSPS) is 10.8. The van der Waals surface area contributed by atoms with Crippen molar-refractivity contribution in [3.63, 3.8) is 0 Å². The number of aryl methyl sites for hydroxylation is 2. The predicted octanol–water partition coefficient (Wildman–Crippen LogP) is 4.05. The zero-order valence-electron chi connectivity index (χ0n) is 14.1. The lowest BCUT2D eigenvalue weighted by Gasteiger charge is -2.07. The second kappa shape index (κ2) is 8.50. The third kappa shape index (κ3) is 5.10. The topological polar surface area (TPSA) is 50.7 Å². The molecule has 0 spiro atoms. The van der Waals surface area contributed by atoms with Crippen LogP contribution in [0.15, 0.2) is 41.5 Å². The monoisotopic (exact) mass is 344 g/mol. The molecule has 0 radical (unpaired) electrons. The third-order valence-electron chi connectivity index (χ3n) is 3.51. The average Bonchev–Trinajstić information content (AvgIpc) is 2.53. The van der Waals surface area contributed by atoms with E-state index in [0.717, 1.165) is 16.7 Å². The molecule has 0 aromatic heterocycles. The number of rotatable bonds is 6. The molecule has 1 amide bonds. The van der Waals surface area contributed by atoms with Gasteiger partial charge in [0.25, 0.3) is 0 Å². The lowest BCUT2D eigenvalue weighted by Crippen LogP contribution is -2.20. The van der Waals surface area contributed by atoms with Crippen molar-refractivity contribution < 1.29 is 9.53 Å². The van der Waals surface area contributed by atoms with Crippen LogP contribution in [0.3, 0.4) is 0 Å². The summed E-state index contributed by atoms with van der Waals surface area (Å²) in [4.78, 5) is 12.0. The zero-order chi connectivity index (χ0) is 17.5. The van der Waals surface area contributed by atoms with Crippen LogP contribution in [0.2, 0.25) is 5.02 Å². The Morgan fingerprint density at radius 1 is 1.25 bits per heavy atom. The Morgan fingerprint density at radius 3 is 2.75 bits per heavy atom. The highest BCUT2D eigenvalue weighted by atomic mass is 35.5. The molecule has 0 atom stereocenters. The highest BCUT2D eigenvalue weighted by Gasteiger charge is 2.06. The van der Waals surface area contributed by atoms with Crippen LogP contribution in [0.5, 0.6) is 5.75 Å². The summed E-state index contributed by atoms with van der Waals surface area (Å²) in [6, 6.07) is 11.3. The van der Waals surface area contributed by atoms with Crippen molar-refractivity contribution in [3.05, 3.63) is 63.7 Å². The number of ether oxygens (including phenoxy) is 1. The molecule has 4 nitrogen and oxygen atoms in total. The number of hydrogen-bond acceptors (Lipinski definition) is 3. The van der Waals surface area contributed by atoms with Crippen LogP contribution in [0.1, 0.15) is 29.2 Å². The molecule has 0 bridgehead atoms. The third-order valence-corrected chi connectivity index (χ3v) is 3.75. The molecule has 24 heavy (non-hydrogen) atoms. The van der Waals surface area contributed by atoms with Gasteiger partial charge in [-0.2, -0.15) is 5.10 Å². The average molecular weight is 345 g/mol. The highest BCUT2D eigenvalue weighted by Crippen LogP contribution is 2.21. The molecule has 0 saturated heterocycles. The number of nitrogens with one attached hydrogen (secondary N) is 1. The molecule has 0 saturated carbocycles. The lowest BCUT2D eigenvalue weighted by molar-refractivity contribution is -0.120. The number of amides is 1. The summed E-state index contributed by atoms with van der Waals surface area (Å²) in [5.74, 6) is 0.507. The Morgan fingerprint density at radius 2 is 2.04 bits per heavy atom. The van der Waals surface area contributed by atoms with Gasteiger partial charge in [0.05, 0.1) is 19.2 Å². The summed E-state index contributed by atoms with van der Waals surface area (Å²) in [7, 11) is 0. The quantitative estimate of drug-likeness (QED) is 0.635. The number of hydrazone groups is 1. The first-order chi connectivity index (χ1) is 11.5. The van der Waals surface area contributed by atoms with Crippen molar-refractivity contribution in [3.8, 4) is 5.75 Å². The van der Waals surface area contributed by atoms with Gasteiger partial charge in [0.2, 0.25) is 5.91 Å². The second-order valence-corrected chi connectivity index (χ2v) is 5.95. The first kappa shape index (κ1) is 18.0. The molecule has 0 unspecified atom stereocenters. The lowest BCUT2D eigenvalue weighted by atomic mass is 10.0. The van der Waals surface area contributed by atoms with Crippen molar-refractivity contribution >= 4 is 23.7 Å². The van der Waals surface area contributed by atoms with E-state index in [0.29, 0.717) is 17.4 Å². The van der Waals surface area contributed by atoms with Crippen molar-refractivity contribution in [2.75, 3.05) is 6.61 Å². The van der Waals surface area contributed by atoms with Gasteiger partial charge in [-0.25, -0.2) is 5.43 Å². The Balaban J connectivity index is 2.01. The fourth-order valence-corrected chi connectivity index (χ4v) is 2.52. The van der Waals surface area contributed by atoms with Crippen LogP contribution in [0.25, 0.3) is 0 Å². The van der Waals surface area contributed by atoms with Crippen LogP contribution in [0.4, 0.5) is 0 Å². The Labute approximate surface area is 147 Å². The van der Waals surface area contributed by atoms with Crippen LogP contribution in [-0.2, 0) is 11.2 Å². The van der Waals surface area contributed by atoms with Crippen molar-refractivity contribution in [2.24, 2.45) is 5.10 Å². The number of carbonyl (C=O) groups is 1. The van der Waals surface area contributed by atoms with E-state index in [2.05, 4.69) is 16.6 Å². The minimum absolute atomic E-state index is 0.168. The molecule has 0 aliphatic carbocycles. The molecule has 0 heterocycles. The largest absolute Gasteiger partial charge is 0.493 e. The number of nitrogens with zero attached hydrogens (tertiary/aromatic N) is 1. The molecule has 2 aromatic rings. The molecule has 0 aliphatic heterocycles. The van der Waals surface area contributed by atoms with Crippen LogP contribution < -0.4 is 10.2 Å². The fraction of sp³-hybridized carbons (Fsp3) is 0.263. The van der Waals surface area contributed by atoms with E-state index in [1.807, 2.05) is 32.9 Å². The van der Waals surface area contributed by atoms with E-state index in [9.17, 15) is 4.79 Å². The van der Waals surface area contributed by atoms with Gasteiger partial charge in [0.15, 0.2) is 0 Å². The molecular weight excluding hydrogens is 324 g/mol. The summed E-state index contributed by atoms with van der Waals surface area (Å²) in [5.41, 5.74) is 6.53. The summed E-state index contributed by atoms with van der Waals surface area (Å²) in [6.45, 7) is 6.48. The van der Waals surface area contributed by atoms with E-state index >= 15 is 0 Å². The van der Waals surface area contributed by atoms with Gasteiger partial charge in [-0.15, -0.1) is 0 Å². The predicted molar refractivity (Wildman–Crippen MR) is 98.0 cm³/mol.